The first-order valence-electron chi connectivity index (χ1n) is 16.7. The highest BCUT2D eigenvalue weighted by molar-refractivity contribution is 6.26. The maximum atomic E-state index is 5.11. The average Bonchev–Trinajstić information content (AvgIpc) is 3.72. The second-order valence-corrected chi connectivity index (χ2v) is 12.3. The number of hydrogen-bond donors (Lipinski definition) is 0. The molecule has 6 heteroatoms. The monoisotopic (exact) mass is 640 g/mol. The van der Waals surface area contributed by atoms with Gasteiger partial charge in [-0.3, -0.25) is 4.57 Å². The van der Waals surface area contributed by atoms with Crippen LogP contribution >= 0.6 is 0 Å². The summed E-state index contributed by atoms with van der Waals surface area (Å²) in [5.41, 5.74) is 8.36. The van der Waals surface area contributed by atoms with Gasteiger partial charge in [0.2, 0.25) is 0 Å². The first kappa shape index (κ1) is 28.1. The molecule has 0 radical (unpaired) electrons. The van der Waals surface area contributed by atoms with Crippen LogP contribution in [0.4, 0.5) is 0 Å². The molecule has 0 amide bonds. The first-order valence-corrected chi connectivity index (χ1v) is 16.7. The van der Waals surface area contributed by atoms with Gasteiger partial charge in [0, 0.05) is 50.1 Å². The standard InChI is InChI=1S/C44H28N6/c1-4-14-29(15-5-1)42-46-43(30-16-6-2-7-17-30)48-44(47-42)31-24-27-39(45-28-31)50-36-22-12-10-20-33(36)34-25-26-38-40(41(34)50)35-21-11-13-23-37(35)49(38)32-18-8-3-9-19-32/h1-28H. The molecular weight excluding hydrogens is 613 g/mol. The quantitative estimate of drug-likeness (QED) is 0.188. The minimum atomic E-state index is 0.576. The lowest BCUT2D eigenvalue weighted by Crippen LogP contribution is -2.01. The molecule has 0 spiro atoms. The van der Waals surface area contributed by atoms with E-state index in [9.17, 15) is 0 Å². The van der Waals surface area contributed by atoms with Gasteiger partial charge in [-0.2, -0.15) is 0 Å². The first-order chi connectivity index (χ1) is 24.8. The van der Waals surface area contributed by atoms with E-state index in [4.69, 9.17) is 19.9 Å². The normalized spacial score (nSPS) is 11.6. The fraction of sp³-hybridized carbons (Fsp3) is 0. The van der Waals surface area contributed by atoms with Gasteiger partial charge in [0.25, 0.3) is 0 Å². The zero-order valence-corrected chi connectivity index (χ0v) is 26.8. The third-order valence-corrected chi connectivity index (χ3v) is 9.42. The molecule has 6 nitrogen and oxygen atoms in total. The van der Waals surface area contributed by atoms with Gasteiger partial charge in [-0.25, -0.2) is 19.9 Å². The molecule has 4 heterocycles. The summed E-state index contributed by atoms with van der Waals surface area (Å²) in [6, 6.07) is 56.5. The Labute approximate surface area is 287 Å². The molecular formula is C44H28N6. The van der Waals surface area contributed by atoms with E-state index in [1.54, 1.807) is 0 Å². The fourth-order valence-electron chi connectivity index (χ4n) is 7.19. The van der Waals surface area contributed by atoms with Crippen molar-refractivity contribution in [3.63, 3.8) is 0 Å². The molecule has 0 saturated heterocycles. The van der Waals surface area contributed by atoms with Crippen molar-refractivity contribution in [2.75, 3.05) is 0 Å². The van der Waals surface area contributed by atoms with Gasteiger partial charge in [-0.05, 0) is 42.5 Å². The third-order valence-electron chi connectivity index (χ3n) is 9.42. The molecule has 4 aromatic heterocycles. The predicted octanol–water partition coefficient (Wildman–Crippen LogP) is 10.5. The van der Waals surface area contributed by atoms with Crippen LogP contribution in [-0.2, 0) is 0 Å². The Morgan fingerprint density at radius 1 is 0.360 bits per heavy atom. The van der Waals surface area contributed by atoms with Crippen molar-refractivity contribution in [3.05, 3.63) is 170 Å². The van der Waals surface area contributed by atoms with E-state index in [1.807, 2.05) is 66.9 Å². The van der Waals surface area contributed by atoms with Crippen LogP contribution in [-0.4, -0.2) is 29.1 Å². The number of para-hydroxylation sites is 3. The summed E-state index contributed by atoms with van der Waals surface area (Å²) < 4.78 is 4.66. The molecule has 0 N–H and O–H groups in total. The number of nitrogens with zero attached hydrogens (tertiary/aromatic N) is 6. The van der Waals surface area contributed by atoms with Crippen LogP contribution in [0.15, 0.2) is 170 Å². The van der Waals surface area contributed by atoms with E-state index < -0.39 is 0 Å². The van der Waals surface area contributed by atoms with Gasteiger partial charge in [0.05, 0.1) is 22.1 Å². The molecule has 0 atom stereocenters. The Balaban J connectivity index is 1.20. The minimum absolute atomic E-state index is 0.576. The van der Waals surface area contributed by atoms with Crippen molar-refractivity contribution in [1.29, 1.82) is 0 Å². The lowest BCUT2D eigenvalue weighted by atomic mass is 10.1. The molecule has 0 fully saturated rings. The van der Waals surface area contributed by atoms with E-state index in [-0.39, 0.29) is 0 Å². The third kappa shape index (κ3) is 4.43. The number of aromatic nitrogens is 6. The largest absolute Gasteiger partial charge is 0.309 e. The van der Waals surface area contributed by atoms with Crippen molar-refractivity contribution in [1.82, 2.24) is 29.1 Å². The molecule has 50 heavy (non-hydrogen) atoms. The number of fused-ring (bicyclic) bond motifs is 7. The Bertz CT molecular complexity index is 2780. The molecule has 0 aliphatic rings. The van der Waals surface area contributed by atoms with Crippen molar-refractivity contribution in [3.8, 4) is 45.7 Å². The molecule has 10 aromatic rings. The Morgan fingerprint density at radius 2 is 0.900 bits per heavy atom. The topological polar surface area (TPSA) is 61.4 Å². The second-order valence-electron chi connectivity index (χ2n) is 12.3. The lowest BCUT2D eigenvalue weighted by molar-refractivity contribution is 1.05. The Kier molecular flexibility index (Phi) is 6.39. The average molecular weight is 641 g/mol. The summed E-state index contributed by atoms with van der Waals surface area (Å²) in [6.07, 6.45) is 1.88. The summed E-state index contributed by atoms with van der Waals surface area (Å²) in [6.45, 7) is 0. The van der Waals surface area contributed by atoms with E-state index >= 15 is 0 Å². The molecule has 234 valence electrons. The Morgan fingerprint density at radius 3 is 1.52 bits per heavy atom. The highest BCUT2D eigenvalue weighted by Gasteiger charge is 2.21. The van der Waals surface area contributed by atoms with Crippen LogP contribution < -0.4 is 0 Å². The molecule has 0 saturated carbocycles. The highest BCUT2D eigenvalue weighted by atomic mass is 15.1. The second kappa shape index (κ2) is 11.4. The zero-order chi connectivity index (χ0) is 33.0. The summed E-state index contributed by atoms with van der Waals surface area (Å²) in [5.74, 6) is 2.65. The molecule has 0 unspecified atom stereocenters. The summed E-state index contributed by atoms with van der Waals surface area (Å²) >= 11 is 0. The molecule has 10 rings (SSSR count). The summed E-state index contributed by atoms with van der Waals surface area (Å²) in [7, 11) is 0. The highest BCUT2D eigenvalue weighted by Crippen LogP contribution is 2.41. The Hall–Kier alpha value is -6.92. The van der Waals surface area contributed by atoms with Crippen LogP contribution in [0.3, 0.4) is 0 Å². The van der Waals surface area contributed by atoms with Gasteiger partial charge >= 0.3 is 0 Å². The molecule has 0 aliphatic heterocycles. The van der Waals surface area contributed by atoms with Gasteiger partial charge in [-0.1, -0.05) is 121 Å². The van der Waals surface area contributed by atoms with Gasteiger partial charge in [0.15, 0.2) is 17.5 Å². The van der Waals surface area contributed by atoms with Gasteiger partial charge < -0.3 is 4.57 Å². The lowest BCUT2D eigenvalue weighted by Gasteiger charge is -2.11. The fourth-order valence-corrected chi connectivity index (χ4v) is 7.19. The van der Waals surface area contributed by atoms with E-state index in [0.717, 1.165) is 44.7 Å². The summed E-state index contributed by atoms with van der Waals surface area (Å²) in [4.78, 5) is 19.8. The molecule has 6 aromatic carbocycles. The molecule has 0 bridgehead atoms. The van der Waals surface area contributed by atoms with Crippen molar-refractivity contribution in [2.45, 2.75) is 0 Å². The zero-order valence-electron chi connectivity index (χ0n) is 26.8. The maximum absolute atomic E-state index is 5.11. The van der Waals surface area contributed by atoms with E-state index in [2.05, 4.69) is 112 Å². The number of pyridine rings is 1. The van der Waals surface area contributed by atoms with Crippen LogP contribution in [0.5, 0.6) is 0 Å². The SMILES string of the molecule is c1ccc(-c2nc(-c3ccccc3)nc(-c3ccc(-n4c5ccccc5c5ccc6c(c7ccccc7n6-c6ccccc6)c54)nc3)n2)cc1. The van der Waals surface area contributed by atoms with Crippen LogP contribution in [0.25, 0.3) is 89.3 Å². The predicted molar refractivity (Wildman–Crippen MR) is 203 cm³/mol. The van der Waals surface area contributed by atoms with Crippen LogP contribution in [0, 0.1) is 0 Å². The van der Waals surface area contributed by atoms with Crippen molar-refractivity contribution >= 4 is 43.6 Å². The minimum Gasteiger partial charge on any atom is -0.309 e. The summed E-state index contributed by atoms with van der Waals surface area (Å²) in [5, 5.41) is 4.77. The van der Waals surface area contributed by atoms with Gasteiger partial charge in [0.1, 0.15) is 5.82 Å². The maximum Gasteiger partial charge on any atom is 0.165 e. The molecule has 0 aliphatic carbocycles. The van der Waals surface area contributed by atoms with Crippen LogP contribution in [0.1, 0.15) is 0 Å². The van der Waals surface area contributed by atoms with Crippen molar-refractivity contribution in [2.24, 2.45) is 0 Å². The number of hydrogen-bond acceptors (Lipinski definition) is 4. The van der Waals surface area contributed by atoms with E-state index in [0.29, 0.717) is 17.5 Å². The number of benzene rings is 6. The smallest absolute Gasteiger partial charge is 0.165 e. The van der Waals surface area contributed by atoms with Crippen molar-refractivity contribution < 1.29 is 0 Å². The van der Waals surface area contributed by atoms with Gasteiger partial charge in [-0.15, -0.1) is 0 Å². The van der Waals surface area contributed by atoms with Crippen LogP contribution in [0.2, 0.25) is 0 Å². The van der Waals surface area contributed by atoms with E-state index in [1.165, 1.54) is 27.1 Å². The number of rotatable bonds is 5.